The Morgan fingerprint density at radius 1 is 1.15 bits per heavy atom. The van der Waals surface area contributed by atoms with Gasteiger partial charge in [-0.1, -0.05) is 49.3 Å². The van der Waals surface area contributed by atoms with Crippen LogP contribution >= 0.6 is 0 Å². The zero-order chi connectivity index (χ0) is 18.4. The molecular weight excluding hydrogens is 330 g/mol. The molecule has 0 aliphatic carbocycles. The number of nitrogens with one attached hydrogen (secondary N) is 1. The van der Waals surface area contributed by atoms with E-state index in [2.05, 4.69) is 15.5 Å². The molecule has 1 unspecified atom stereocenters. The molecule has 1 aromatic carbocycles. The number of carbonyl (C=O) groups is 1. The van der Waals surface area contributed by atoms with Gasteiger partial charge in [0, 0.05) is 18.8 Å². The molecule has 0 fully saturated rings. The molecule has 136 valence electrons. The van der Waals surface area contributed by atoms with E-state index in [-0.39, 0.29) is 17.9 Å². The van der Waals surface area contributed by atoms with Crippen LogP contribution < -0.4 is 5.32 Å². The molecule has 0 radical (unpaired) electrons. The summed E-state index contributed by atoms with van der Waals surface area (Å²) in [6, 6.07) is 13.2. The molecule has 0 bridgehead atoms. The van der Waals surface area contributed by atoms with Gasteiger partial charge in [-0.15, -0.1) is 0 Å². The van der Waals surface area contributed by atoms with Crippen LogP contribution in [0.4, 0.5) is 0 Å². The third-order valence-electron chi connectivity index (χ3n) is 4.06. The maximum Gasteiger partial charge on any atom is 0.226 e. The number of benzene rings is 1. The molecule has 3 aromatic rings. The first-order chi connectivity index (χ1) is 12.6. The van der Waals surface area contributed by atoms with Crippen LogP contribution in [0.5, 0.6) is 0 Å². The molecule has 1 amide bonds. The Morgan fingerprint density at radius 3 is 2.62 bits per heavy atom. The Hall–Kier alpha value is -2.89. The third kappa shape index (κ3) is 4.59. The van der Waals surface area contributed by atoms with Crippen molar-refractivity contribution >= 4 is 5.91 Å². The summed E-state index contributed by atoms with van der Waals surface area (Å²) in [6.07, 6.45) is 3.22. The highest BCUT2D eigenvalue weighted by Gasteiger charge is 2.19. The van der Waals surface area contributed by atoms with Crippen molar-refractivity contribution in [3.63, 3.8) is 0 Å². The predicted molar refractivity (Wildman–Crippen MR) is 96.5 cm³/mol. The first-order valence-electron chi connectivity index (χ1n) is 8.83. The highest BCUT2D eigenvalue weighted by Crippen LogP contribution is 2.22. The first kappa shape index (κ1) is 17.9. The minimum Gasteiger partial charge on any atom is -0.467 e. The zero-order valence-corrected chi connectivity index (χ0v) is 15.0. The second kappa shape index (κ2) is 8.47. The van der Waals surface area contributed by atoms with Gasteiger partial charge in [0.25, 0.3) is 0 Å². The Morgan fingerprint density at radius 2 is 1.96 bits per heavy atom. The minimum atomic E-state index is -0.297. The van der Waals surface area contributed by atoms with Crippen molar-refractivity contribution in [2.45, 2.75) is 45.1 Å². The van der Waals surface area contributed by atoms with Crippen LogP contribution in [0.1, 0.15) is 61.7 Å². The molecule has 2 aromatic heterocycles. The van der Waals surface area contributed by atoms with Gasteiger partial charge in [0.15, 0.2) is 5.82 Å². The zero-order valence-electron chi connectivity index (χ0n) is 15.0. The number of aromatic nitrogens is 2. The van der Waals surface area contributed by atoms with Crippen LogP contribution in [0.25, 0.3) is 0 Å². The Kier molecular flexibility index (Phi) is 5.84. The monoisotopic (exact) mass is 353 g/mol. The summed E-state index contributed by atoms with van der Waals surface area (Å²) in [5, 5.41) is 6.98. The maximum atomic E-state index is 12.4. The molecule has 0 saturated heterocycles. The minimum absolute atomic E-state index is 0.0427. The summed E-state index contributed by atoms with van der Waals surface area (Å²) in [5.41, 5.74) is 0.981. The lowest BCUT2D eigenvalue weighted by Gasteiger charge is -2.17. The molecule has 0 saturated carbocycles. The van der Waals surface area contributed by atoms with Crippen molar-refractivity contribution in [1.29, 1.82) is 0 Å². The van der Waals surface area contributed by atoms with Gasteiger partial charge in [0.05, 0.1) is 6.26 Å². The number of carbonyl (C=O) groups excluding carboxylic acids is 1. The Bertz CT molecular complexity index is 810. The predicted octanol–water partition coefficient (Wildman–Crippen LogP) is 4.01. The molecule has 1 atom stereocenters. The fraction of sp³-hybridized carbons (Fsp3) is 0.350. The van der Waals surface area contributed by atoms with E-state index in [1.165, 1.54) is 0 Å². The van der Waals surface area contributed by atoms with E-state index in [1.807, 2.05) is 56.3 Å². The number of hydrogen-bond donors (Lipinski definition) is 1. The van der Waals surface area contributed by atoms with Crippen LogP contribution in [0.15, 0.2) is 57.7 Å². The van der Waals surface area contributed by atoms with Gasteiger partial charge in [-0.2, -0.15) is 4.98 Å². The summed E-state index contributed by atoms with van der Waals surface area (Å²) in [6.45, 7) is 4.03. The van der Waals surface area contributed by atoms with Crippen molar-refractivity contribution in [1.82, 2.24) is 15.5 Å². The van der Waals surface area contributed by atoms with Crippen molar-refractivity contribution in [3.8, 4) is 0 Å². The molecule has 6 heteroatoms. The molecular formula is C20H23N3O3. The van der Waals surface area contributed by atoms with E-state index in [4.69, 9.17) is 8.94 Å². The van der Waals surface area contributed by atoms with Crippen LogP contribution in [0.2, 0.25) is 0 Å². The Balaban J connectivity index is 1.56. The molecule has 1 N–H and O–H groups in total. The van der Waals surface area contributed by atoms with Crippen LogP contribution in [0.3, 0.4) is 0 Å². The molecule has 6 nitrogen and oxygen atoms in total. The van der Waals surface area contributed by atoms with Gasteiger partial charge >= 0.3 is 0 Å². The number of rotatable bonds is 8. The molecule has 26 heavy (non-hydrogen) atoms. The molecule has 0 aliphatic rings. The largest absolute Gasteiger partial charge is 0.467 e. The van der Waals surface area contributed by atoms with E-state index in [1.54, 1.807) is 6.26 Å². The molecule has 0 aliphatic heterocycles. The molecule has 0 spiro atoms. The summed E-state index contributed by atoms with van der Waals surface area (Å²) >= 11 is 0. The number of hydrogen-bond acceptors (Lipinski definition) is 5. The van der Waals surface area contributed by atoms with Crippen LogP contribution in [0, 0.1) is 0 Å². The van der Waals surface area contributed by atoms with Crippen molar-refractivity contribution in [2.24, 2.45) is 0 Å². The highest BCUT2D eigenvalue weighted by atomic mass is 16.5. The molecule has 2 heterocycles. The number of amides is 1. The average molecular weight is 353 g/mol. The summed E-state index contributed by atoms with van der Waals surface area (Å²) in [5.74, 6) is 2.18. The smallest absolute Gasteiger partial charge is 0.226 e. The lowest BCUT2D eigenvalue weighted by Crippen LogP contribution is -2.28. The summed E-state index contributed by atoms with van der Waals surface area (Å²) < 4.78 is 10.7. The standard InChI is InChI=1S/C20H23N3O3/c1-14(2)20-22-18(26-23-20)12-6-11-17(24)21-19(16-10-7-13-25-16)15-8-4-3-5-9-15/h3-5,7-10,13-14,19H,6,11-12H2,1-2H3,(H,21,24). The average Bonchev–Trinajstić information content (AvgIpc) is 3.32. The van der Waals surface area contributed by atoms with Crippen molar-refractivity contribution in [3.05, 3.63) is 71.8 Å². The SMILES string of the molecule is CC(C)c1noc(CCCC(=O)NC(c2ccccc2)c2ccco2)n1. The number of furan rings is 1. The van der Waals surface area contributed by atoms with Gasteiger partial charge < -0.3 is 14.3 Å². The normalized spacial score (nSPS) is 12.3. The van der Waals surface area contributed by atoms with E-state index >= 15 is 0 Å². The van der Waals surface area contributed by atoms with Gasteiger partial charge in [-0.25, -0.2) is 0 Å². The van der Waals surface area contributed by atoms with E-state index in [0.29, 0.717) is 36.7 Å². The van der Waals surface area contributed by atoms with Crippen LogP contribution in [-0.2, 0) is 11.2 Å². The van der Waals surface area contributed by atoms with Crippen LogP contribution in [-0.4, -0.2) is 16.0 Å². The number of nitrogens with zero attached hydrogens (tertiary/aromatic N) is 2. The Labute approximate surface area is 152 Å². The van der Waals surface area contributed by atoms with Gasteiger partial charge in [0.1, 0.15) is 11.8 Å². The van der Waals surface area contributed by atoms with Crippen molar-refractivity contribution in [2.75, 3.05) is 0 Å². The van der Waals surface area contributed by atoms with Gasteiger partial charge in [-0.05, 0) is 24.1 Å². The van der Waals surface area contributed by atoms with Gasteiger partial charge in [0.2, 0.25) is 11.8 Å². The fourth-order valence-corrected chi connectivity index (χ4v) is 2.66. The lowest BCUT2D eigenvalue weighted by atomic mass is 10.0. The number of aryl methyl sites for hydroxylation is 1. The third-order valence-corrected chi connectivity index (χ3v) is 4.06. The van der Waals surface area contributed by atoms with Crippen molar-refractivity contribution < 1.29 is 13.7 Å². The summed E-state index contributed by atoms with van der Waals surface area (Å²) in [4.78, 5) is 16.7. The van der Waals surface area contributed by atoms with E-state index in [9.17, 15) is 4.79 Å². The quantitative estimate of drug-likeness (QED) is 0.661. The second-order valence-corrected chi connectivity index (χ2v) is 6.48. The summed E-state index contributed by atoms with van der Waals surface area (Å²) in [7, 11) is 0. The lowest BCUT2D eigenvalue weighted by molar-refractivity contribution is -0.121. The van der Waals surface area contributed by atoms with E-state index < -0.39 is 0 Å². The topological polar surface area (TPSA) is 81.2 Å². The first-order valence-corrected chi connectivity index (χ1v) is 8.83. The fourth-order valence-electron chi connectivity index (χ4n) is 2.66. The van der Waals surface area contributed by atoms with E-state index in [0.717, 1.165) is 5.56 Å². The molecule has 3 rings (SSSR count). The maximum absolute atomic E-state index is 12.4. The highest BCUT2D eigenvalue weighted by molar-refractivity contribution is 5.76. The van der Waals surface area contributed by atoms with Gasteiger partial charge in [-0.3, -0.25) is 4.79 Å². The second-order valence-electron chi connectivity index (χ2n) is 6.48.